The van der Waals surface area contributed by atoms with Gasteiger partial charge >= 0.3 is 0 Å². The van der Waals surface area contributed by atoms with Gasteiger partial charge in [0.2, 0.25) is 0 Å². The number of hydrogen-bond donors (Lipinski definition) is 1. The van der Waals surface area contributed by atoms with Crippen LogP contribution in [0.5, 0.6) is 0 Å². The fourth-order valence-electron chi connectivity index (χ4n) is 1.70. The number of aromatic nitrogens is 4. The van der Waals surface area contributed by atoms with Gasteiger partial charge in [-0.1, -0.05) is 6.07 Å². The lowest BCUT2D eigenvalue weighted by atomic mass is 10.1. The molecule has 1 N–H and O–H groups in total. The molecule has 1 unspecified atom stereocenters. The molecule has 18 heavy (non-hydrogen) atoms. The highest BCUT2D eigenvalue weighted by Crippen LogP contribution is 2.23. The summed E-state index contributed by atoms with van der Waals surface area (Å²) in [5.41, 5.74) is 2.04. The van der Waals surface area contributed by atoms with Gasteiger partial charge in [0, 0.05) is 29.7 Å². The molecule has 90 valence electrons. The van der Waals surface area contributed by atoms with Gasteiger partial charge < -0.3 is 4.55 Å². The second kappa shape index (κ2) is 4.28. The highest BCUT2D eigenvalue weighted by molar-refractivity contribution is 7.79. The third kappa shape index (κ3) is 1.79. The minimum Gasteiger partial charge on any atom is -0.767 e. The zero-order valence-electron chi connectivity index (χ0n) is 9.03. The zero-order valence-corrected chi connectivity index (χ0v) is 9.85. The lowest BCUT2D eigenvalue weighted by molar-refractivity contribution is 0.534. The van der Waals surface area contributed by atoms with E-state index in [1.54, 1.807) is 24.7 Å². The molecule has 0 radical (unpaired) electrons. The Bertz CT molecular complexity index is 726. The lowest BCUT2D eigenvalue weighted by Gasteiger charge is -2.03. The topological polar surface area (TPSA) is 94.6 Å². The third-order valence-electron chi connectivity index (χ3n) is 2.54. The van der Waals surface area contributed by atoms with Crippen LogP contribution in [0.1, 0.15) is 0 Å². The van der Waals surface area contributed by atoms with Crippen molar-refractivity contribution in [2.75, 3.05) is 0 Å². The molecule has 7 heteroatoms. The Morgan fingerprint density at radius 1 is 1.28 bits per heavy atom. The van der Waals surface area contributed by atoms with E-state index in [9.17, 15) is 8.76 Å². The van der Waals surface area contributed by atoms with Gasteiger partial charge in [0.1, 0.15) is 5.03 Å². The van der Waals surface area contributed by atoms with Crippen LogP contribution in [0.2, 0.25) is 0 Å². The summed E-state index contributed by atoms with van der Waals surface area (Å²) in [4.78, 5) is 8.13. The molecule has 0 saturated heterocycles. The predicted octanol–water partition coefficient (Wildman–Crippen LogP) is 1.26. The first-order valence-electron chi connectivity index (χ1n) is 5.09. The fraction of sp³-hybridized carbons (Fsp3) is 0. The maximum atomic E-state index is 11.0. The number of rotatable bonds is 2. The minimum absolute atomic E-state index is 0.0447. The number of hydrogen-bond acceptors (Lipinski definition) is 5. The zero-order chi connectivity index (χ0) is 12.5. The second-order valence-electron chi connectivity index (χ2n) is 3.62. The summed E-state index contributed by atoms with van der Waals surface area (Å²) < 4.78 is 22.0. The number of aromatic amines is 1. The number of nitrogens with one attached hydrogen (secondary N) is 1. The summed E-state index contributed by atoms with van der Waals surface area (Å²) in [5.74, 6) is 0. The summed E-state index contributed by atoms with van der Waals surface area (Å²) in [6.07, 6.45) is 5.00. The van der Waals surface area contributed by atoms with Crippen molar-refractivity contribution in [3.05, 3.63) is 36.8 Å². The Labute approximate surface area is 104 Å². The van der Waals surface area contributed by atoms with Crippen molar-refractivity contribution in [1.29, 1.82) is 0 Å². The summed E-state index contributed by atoms with van der Waals surface area (Å²) in [6.45, 7) is 0. The van der Waals surface area contributed by atoms with Crippen molar-refractivity contribution in [2.24, 2.45) is 0 Å². The normalized spacial score (nSPS) is 12.7. The highest BCUT2D eigenvalue weighted by Gasteiger charge is 2.08. The van der Waals surface area contributed by atoms with Crippen LogP contribution in [0, 0.1) is 0 Å². The molecule has 0 aliphatic rings. The van der Waals surface area contributed by atoms with Crippen LogP contribution in [-0.2, 0) is 11.1 Å². The van der Waals surface area contributed by atoms with Gasteiger partial charge in [0.05, 0.1) is 5.39 Å². The Kier molecular flexibility index (Phi) is 2.62. The van der Waals surface area contributed by atoms with Crippen molar-refractivity contribution in [3.8, 4) is 11.1 Å². The van der Waals surface area contributed by atoms with Crippen molar-refractivity contribution in [2.45, 2.75) is 5.03 Å². The van der Waals surface area contributed by atoms with E-state index in [2.05, 4.69) is 20.2 Å². The average Bonchev–Trinajstić information content (AvgIpc) is 2.82. The van der Waals surface area contributed by atoms with Crippen molar-refractivity contribution in [1.82, 2.24) is 20.2 Å². The van der Waals surface area contributed by atoms with Gasteiger partial charge in [0.25, 0.3) is 0 Å². The molecular formula is C11H7N4O2S-. The molecule has 3 heterocycles. The summed E-state index contributed by atoms with van der Waals surface area (Å²) in [5, 5.41) is 6.80. The Morgan fingerprint density at radius 2 is 2.17 bits per heavy atom. The first-order valence-corrected chi connectivity index (χ1v) is 6.17. The SMILES string of the molecule is O=S([O-])c1[nH]nc2ncc(-c3cccnc3)cc12. The standard InChI is InChI=1S/C11H8N4O2S/c16-18(17)11-9-4-8(6-13-10(9)14-15-11)7-2-1-3-12-5-7/h1-6H,(H,16,17)(H,13,14,15)/p-1. The van der Waals surface area contributed by atoms with Gasteiger partial charge in [-0.15, -0.1) is 0 Å². The van der Waals surface area contributed by atoms with Crippen LogP contribution in [-0.4, -0.2) is 28.9 Å². The van der Waals surface area contributed by atoms with Crippen molar-refractivity contribution in [3.63, 3.8) is 0 Å². The maximum Gasteiger partial charge on any atom is 0.182 e. The molecule has 0 aliphatic heterocycles. The molecule has 0 saturated carbocycles. The van der Waals surface area contributed by atoms with Crippen LogP contribution in [0.4, 0.5) is 0 Å². The van der Waals surface area contributed by atoms with Gasteiger partial charge in [-0.05, 0) is 23.2 Å². The predicted molar refractivity (Wildman–Crippen MR) is 64.3 cm³/mol. The maximum absolute atomic E-state index is 11.0. The Balaban J connectivity index is 2.21. The van der Waals surface area contributed by atoms with Crippen LogP contribution in [0.15, 0.2) is 41.8 Å². The number of pyridine rings is 2. The van der Waals surface area contributed by atoms with Crippen molar-refractivity contribution < 1.29 is 8.76 Å². The van der Waals surface area contributed by atoms with Crippen LogP contribution >= 0.6 is 0 Å². The van der Waals surface area contributed by atoms with Gasteiger partial charge in [-0.3, -0.25) is 14.3 Å². The first kappa shape index (κ1) is 11.0. The van der Waals surface area contributed by atoms with E-state index in [1.165, 1.54) is 0 Å². The van der Waals surface area contributed by atoms with Crippen molar-refractivity contribution >= 4 is 22.1 Å². The fourth-order valence-corrected chi connectivity index (χ4v) is 2.15. The van der Waals surface area contributed by atoms with Gasteiger partial charge in [-0.25, -0.2) is 4.98 Å². The second-order valence-corrected chi connectivity index (χ2v) is 4.50. The number of nitrogens with zero attached hydrogens (tertiary/aromatic N) is 3. The molecule has 3 aromatic rings. The van der Waals surface area contributed by atoms with E-state index in [4.69, 9.17) is 0 Å². The first-order chi connectivity index (χ1) is 8.75. The molecule has 3 aromatic heterocycles. The summed E-state index contributed by atoms with van der Waals surface area (Å²) in [6, 6.07) is 5.42. The van der Waals surface area contributed by atoms with Gasteiger partial charge in [0.15, 0.2) is 5.65 Å². The van der Waals surface area contributed by atoms with Crippen LogP contribution in [0.3, 0.4) is 0 Å². The highest BCUT2D eigenvalue weighted by atomic mass is 32.2. The molecule has 0 fully saturated rings. The molecule has 1 atom stereocenters. The quantitative estimate of drug-likeness (QED) is 0.699. The van der Waals surface area contributed by atoms with Crippen LogP contribution in [0.25, 0.3) is 22.2 Å². The number of H-pyrrole nitrogens is 1. The largest absolute Gasteiger partial charge is 0.767 e. The van der Waals surface area contributed by atoms with E-state index in [1.807, 2.05) is 12.1 Å². The van der Waals surface area contributed by atoms with Crippen LogP contribution < -0.4 is 0 Å². The smallest absolute Gasteiger partial charge is 0.182 e. The van der Waals surface area contributed by atoms with E-state index in [0.717, 1.165) is 11.1 Å². The molecule has 6 nitrogen and oxygen atoms in total. The summed E-state index contributed by atoms with van der Waals surface area (Å²) in [7, 11) is 0. The molecule has 0 aromatic carbocycles. The monoisotopic (exact) mass is 259 g/mol. The Morgan fingerprint density at radius 3 is 2.89 bits per heavy atom. The van der Waals surface area contributed by atoms with E-state index in [-0.39, 0.29) is 5.03 Å². The third-order valence-corrected chi connectivity index (χ3v) is 3.18. The average molecular weight is 259 g/mol. The van der Waals surface area contributed by atoms with E-state index < -0.39 is 11.1 Å². The molecule has 3 rings (SSSR count). The molecule has 0 spiro atoms. The minimum atomic E-state index is -2.36. The Hall–Kier alpha value is -2.12. The van der Waals surface area contributed by atoms with Gasteiger partial charge in [-0.2, -0.15) is 5.10 Å². The number of fused-ring (bicyclic) bond motifs is 1. The summed E-state index contributed by atoms with van der Waals surface area (Å²) >= 11 is -2.36. The van der Waals surface area contributed by atoms with E-state index >= 15 is 0 Å². The molecular weight excluding hydrogens is 252 g/mol. The van der Waals surface area contributed by atoms with E-state index in [0.29, 0.717) is 11.0 Å². The molecule has 0 aliphatic carbocycles. The lowest BCUT2D eigenvalue weighted by Crippen LogP contribution is -1.89. The molecule has 0 amide bonds. The molecule has 0 bridgehead atoms.